The number of primary amides is 1. The number of hydrogen-bond donors (Lipinski definition) is 3. The molecule has 6 nitrogen and oxygen atoms in total. The molecule has 1 aromatic heterocycles. The van der Waals surface area contributed by atoms with Crippen molar-refractivity contribution in [2.24, 2.45) is 11.5 Å². The van der Waals surface area contributed by atoms with Crippen molar-refractivity contribution in [3.63, 3.8) is 0 Å². The van der Waals surface area contributed by atoms with E-state index in [1.54, 1.807) is 0 Å². The molecular formula is C24H22F3N3O3. The Balaban J connectivity index is 0.000000383. The van der Waals surface area contributed by atoms with Crippen LogP contribution in [0.3, 0.4) is 0 Å². The third-order valence-corrected chi connectivity index (χ3v) is 5.03. The lowest BCUT2D eigenvalue weighted by Gasteiger charge is -2.07. The van der Waals surface area contributed by atoms with Crippen LogP contribution in [0.4, 0.5) is 13.2 Å². The molecule has 0 aliphatic rings. The molecule has 3 aromatic carbocycles. The standard InChI is InChI=1S/C22H21N3O.C2HF3O2/c23-10-9-19-13-25(14-22(24)26)21-8-7-18(12-20(19)21)17-6-5-15-3-1-2-4-16(15)11-17;3-2(4,5)1(6)7/h1-8,11-13H,9-10,14,23H2,(H2,24,26);(H,6,7). The summed E-state index contributed by atoms with van der Waals surface area (Å²) in [6, 6.07) is 21.2. The molecule has 33 heavy (non-hydrogen) atoms. The fourth-order valence-corrected chi connectivity index (χ4v) is 3.57. The number of nitrogens with two attached hydrogens (primary N) is 2. The van der Waals surface area contributed by atoms with Gasteiger partial charge in [0.05, 0.1) is 0 Å². The van der Waals surface area contributed by atoms with Gasteiger partial charge in [0.1, 0.15) is 6.54 Å². The van der Waals surface area contributed by atoms with Gasteiger partial charge in [-0.15, -0.1) is 0 Å². The van der Waals surface area contributed by atoms with Gasteiger partial charge in [-0.3, -0.25) is 4.79 Å². The second kappa shape index (κ2) is 9.74. The molecular weight excluding hydrogens is 435 g/mol. The maximum absolute atomic E-state index is 11.4. The Morgan fingerprint density at radius 2 is 1.55 bits per heavy atom. The number of carbonyl (C=O) groups excluding carboxylic acids is 1. The van der Waals surface area contributed by atoms with Crippen molar-refractivity contribution in [2.75, 3.05) is 6.54 Å². The predicted molar refractivity (Wildman–Crippen MR) is 121 cm³/mol. The summed E-state index contributed by atoms with van der Waals surface area (Å²) in [6.07, 6.45) is -2.32. The quantitative estimate of drug-likeness (QED) is 0.419. The number of alkyl halides is 3. The van der Waals surface area contributed by atoms with Crippen molar-refractivity contribution in [1.82, 2.24) is 4.57 Å². The van der Waals surface area contributed by atoms with Crippen molar-refractivity contribution in [3.05, 3.63) is 72.4 Å². The Labute approximate surface area is 187 Å². The Morgan fingerprint density at radius 1 is 0.939 bits per heavy atom. The molecule has 0 saturated heterocycles. The van der Waals surface area contributed by atoms with Crippen molar-refractivity contribution in [3.8, 4) is 11.1 Å². The van der Waals surface area contributed by atoms with E-state index in [0.717, 1.165) is 28.5 Å². The molecule has 0 unspecified atom stereocenters. The summed E-state index contributed by atoms with van der Waals surface area (Å²) in [4.78, 5) is 20.3. The van der Waals surface area contributed by atoms with Crippen LogP contribution in [0.5, 0.6) is 0 Å². The first kappa shape index (κ1) is 23.8. The molecule has 0 atom stereocenters. The molecule has 0 bridgehead atoms. The van der Waals surface area contributed by atoms with Gasteiger partial charge in [-0.2, -0.15) is 13.2 Å². The molecule has 1 amide bonds. The zero-order valence-electron chi connectivity index (χ0n) is 17.5. The van der Waals surface area contributed by atoms with E-state index in [-0.39, 0.29) is 12.5 Å². The Hall–Kier alpha value is -3.85. The fraction of sp³-hybridized carbons (Fsp3) is 0.167. The number of amides is 1. The minimum atomic E-state index is -5.08. The number of carbonyl (C=O) groups is 2. The highest BCUT2D eigenvalue weighted by atomic mass is 19.4. The minimum absolute atomic E-state index is 0.177. The first-order valence-electron chi connectivity index (χ1n) is 9.99. The molecule has 0 radical (unpaired) electrons. The van der Waals surface area contributed by atoms with Gasteiger partial charge in [-0.05, 0) is 58.6 Å². The smallest absolute Gasteiger partial charge is 0.475 e. The number of nitrogens with zero attached hydrogens (tertiary/aromatic N) is 1. The maximum atomic E-state index is 11.4. The normalized spacial score (nSPS) is 11.3. The Kier molecular flexibility index (Phi) is 7.03. The van der Waals surface area contributed by atoms with Crippen LogP contribution in [-0.2, 0) is 22.6 Å². The second-order valence-electron chi connectivity index (χ2n) is 7.38. The summed E-state index contributed by atoms with van der Waals surface area (Å²) in [5, 5.41) is 10.7. The maximum Gasteiger partial charge on any atom is 0.490 e. The zero-order valence-corrected chi connectivity index (χ0v) is 17.5. The number of aliphatic carboxylic acids is 1. The average molecular weight is 457 g/mol. The number of halogens is 3. The van der Waals surface area contributed by atoms with E-state index >= 15 is 0 Å². The van der Waals surface area contributed by atoms with Crippen molar-refractivity contribution < 1.29 is 27.9 Å². The highest BCUT2D eigenvalue weighted by Crippen LogP contribution is 2.30. The molecule has 0 aliphatic carbocycles. The third-order valence-electron chi connectivity index (χ3n) is 5.03. The van der Waals surface area contributed by atoms with Crippen molar-refractivity contribution >= 4 is 33.6 Å². The number of hydrogen-bond acceptors (Lipinski definition) is 3. The summed E-state index contributed by atoms with van der Waals surface area (Å²) in [5.74, 6) is -3.10. The van der Waals surface area contributed by atoms with Crippen LogP contribution in [0.25, 0.3) is 32.8 Å². The lowest BCUT2D eigenvalue weighted by molar-refractivity contribution is -0.192. The summed E-state index contributed by atoms with van der Waals surface area (Å²) in [7, 11) is 0. The molecule has 5 N–H and O–H groups in total. The predicted octanol–water partition coefficient (Wildman–Crippen LogP) is 4.08. The lowest BCUT2D eigenvalue weighted by atomic mass is 9.99. The summed E-state index contributed by atoms with van der Waals surface area (Å²) in [5.41, 5.74) is 15.6. The van der Waals surface area contributed by atoms with Crippen LogP contribution in [-0.4, -0.2) is 34.3 Å². The van der Waals surface area contributed by atoms with Crippen molar-refractivity contribution in [1.29, 1.82) is 0 Å². The molecule has 0 spiro atoms. The van der Waals surface area contributed by atoms with Crippen LogP contribution in [0.15, 0.2) is 66.9 Å². The van der Waals surface area contributed by atoms with Gasteiger partial charge in [-0.25, -0.2) is 4.79 Å². The van der Waals surface area contributed by atoms with E-state index in [1.807, 2.05) is 10.8 Å². The van der Waals surface area contributed by atoms with Gasteiger partial charge < -0.3 is 21.1 Å². The fourth-order valence-electron chi connectivity index (χ4n) is 3.57. The van der Waals surface area contributed by atoms with Gasteiger partial charge >= 0.3 is 12.1 Å². The van der Waals surface area contributed by atoms with Gasteiger partial charge in [0.25, 0.3) is 0 Å². The van der Waals surface area contributed by atoms with E-state index in [4.69, 9.17) is 21.4 Å². The van der Waals surface area contributed by atoms with Crippen LogP contribution in [0, 0.1) is 0 Å². The van der Waals surface area contributed by atoms with Crippen LogP contribution in [0.2, 0.25) is 0 Å². The van der Waals surface area contributed by atoms with Crippen LogP contribution >= 0.6 is 0 Å². The largest absolute Gasteiger partial charge is 0.490 e. The SMILES string of the molecule is NCCc1cn(CC(N)=O)c2ccc(-c3ccc4ccccc4c3)cc12.O=C(O)C(F)(F)F. The molecule has 0 fully saturated rings. The van der Waals surface area contributed by atoms with Gasteiger partial charge in [-0.1, -0.05) is 42.5 Å². The minimum Gasteiger partial charge on any atom is -0.475 e. The number of rotatable bonds is 5. The topological polar surface area (TPSA) is 111 Å². The van der Waals surface area contributed by atoms with Crippen molar-refractivity contribution in [2.45, 2.75) is 19.1 Å². The number of carboxylic acids is 1. The number of benzene rings is 3. The molecule has 4 aromatic rings. The van der Waals surface area contributed by atoms with E-state index < -0.39 is 12.1 Å². The van der Waals surface area contributed by atoms with E-state index in [1.165, 1.54) is 16.3 Å². The highest BCUT2D eigenvalue weighted by molar-refractivity contribution is 5.92. The van der Waals surface area contributed by atoms with E-state index in [9.17, 15) is 18.0 Å². The first-order chi connectivity index (χ1) is 15.6. The number of carboxylic acid groups (broad SMARTS) is 1. The molecule has 9 heteroatoms. The monoisotopic (exact) mass is 457 g/mol. The number of fused-ring (bicyclic) bond motifs is 2. The lowest BCUT2D eigenvalue weighted by Crippen LogP contribution is -2.21. The van der Waals surface area contributed by atoms with Gasteiger partial charge in [0.15, 0.2) is 0 Å². The average Bonchev–Trinajstić information content (AvgIpc) is 3.09. The molecule has 172 valence electrons. The van der Waals surface area contributed by atoms with E-state index in [0.29, 0.717) is 6.54 Å². The Morgan fingerprint density at radius 3 is 2.15 bits per heavy atom. The molecule has 0 saturated carbocycles. The third kappa shape index (κ3) is 5.69. The zero-order chi connectivity index (χ0) is 24.2. The second-order valence-corrected chi connectivity index (χ2v) is 7.38. The Bertz CT molecular complexity index is 1310. The summed E-state index contributed by atoms with van der Waals surface area (Å²) >= 11 is 0. The van der Waals surface area contributed by atoms with Gasteiger partial charge in [0, 0.05) is 17.1 Å². The number of aromatic nitrogens is 1. The molecule has 0 aliphatic heterocycles. The van der Waals surface area contributed by atoms with E-state index in [2.05, 4.69) is 60.7 Å². The highest BCUT2D eigenvalue weighted by Gasteiger charge is 2.38. The van der Waals surface area contributed by atoms with Gasteiger partial charge in [0.2, 0.25) is 5.91 Å². The van der Waals surface area contributed by atoms with Crippen LogP contribution < -0.4 is 11.5 Å². The summed E-state index contributed by atoms with van der Waals surface area (Å²) in [6.45, 7) is 0.742. The first-order valence-corrected chi connectivity index (χ1v) is 9.99. The molecule has 1 heterocycles. The molecule has 4 rings (SSSR count). The van der Waals surface area contributed by atoms with Crippen LogP contribution in [0.1, 0.15) is 5.56 Å². The summed E-state index contributed by atoms with van der Waals surface area (Å²) < 4.78 is 33.6.